The molecule has 0 aliphatic carbocycles. The van der Waals surface area contributed by atoms with Gasteiger partial charge in [0.05, 0.1) is 41.4 Å². The van der Waals surface area contributed by atoms with Crippen molar-refractivity contribution >= 4 is 45.7 Å². The van der Waals surface area contributed by atoms with E-state index in [9.17, 15) is 19.6 Å². The van der Waals surface area contributed by atoms with Crippen LogP contribution in [0.25, 0.3) is 11.3 Å². The van der Waals surface area contributed by atoms with E-state index in [1.807, 2.05) is 11.9 Å². The Bertz CT molecular complexity index is 1670. The van der Waals surface area contributed by atoms with E-state index in [1.165, 1.54) is 23.9 Å². The van der Waals surface area contributed by atoms with Gasteiger partial charge in [-0.25, -0.2) is 14.4 Å². The quantitative estimate of drug-likeness (QED) is 0.449. The molecule has 3 aliphatic heterocycles. The molecule has 6 rings (SSSR count). The van der Waals surface area contributed by atoms with Crippen molar-refractivity contribution in [3.63, 3.8) is 0 Å². The van der Waals surface area contributed by atoms with Crippen LogP contribution in [0.2, 0.25) is 0 Å². The van der Waals surface area contributed by atoms with Crippen LogP contribution < -0.4 is 9.80 Å². The molecule has 5 heterocycles. The van der Waals surface area contributed by atoms with Crippen LogP contribution in [0, 0.1) is 24.1 Å². The van der Waals surface area contributed by atoms with Crippen LogP contribution in [-0.2, 0) is 11.2 Å². The minimum absolute atomic E-state index is 0.0910. The molecule has 1 amide bonds. The van der Waals surface area contributed by atoms with Gasteiger partial charge in [-0.05, 0) is 55.7 Å². The van der Waals surface area contributed by atoms with Gasteiger partial charge in [-0.1, -0.05) is 18.7 Å². The van der Waals surface area contributed by atoms with Gasteiger partial charge in [0, 0.05) is 63.8 Å². The Kier molecular flexibility index (Phi) is 8.62. The first-order valence-electron chi connectivity index (χ1n) is 15.0. The van der Waals surface area contributed by atoms with Crippen LogP contribution >= 0.6 is 11.8 Å². The lowest BCUT2D eigenvalue weighted by Crippen LogP contribution is -2.50. The molecule has 1 N–H and O–H groups in total. The van der Waals surface area contributed by atoms with E-state index >= 15 is 0 Å². The third-order valence-electron chi connectivity index (χ3n) is 8.58. The van der Waals surface area contributed by atoms with Crippen LogP contribution in [-0.4, -0.2) is 100 Å². The molecule has 10 nitrogen and oxygen atoms in total. The van der Waals surface area contributed by atoms with Crippen molar-refractivity contribution in [3.8, 4) is 6.07 Å². The molecule has 3 aromatic rings. The number of imidazole rings is 1. The van der Waals surface area contributed by atoms with E-state index < -0.39 is 6.10 Å². The van der Waals surface area contributed by atoms with E-state index in [2.05, 4.69) is 46.4 Å². The van der Waals surface area contributed by atoms with Crippen LogP contribution in [0.15, 0.2) is 47.1 Å². The monoisotopic (exact) mass is 616 g/mol. The number of piperazine rings is 1. The molecule has 230 valence electrons. The van der Waals surface area contributed by atoms with Crippen LogP contribution in [0.3, 0.4) is 0 Å². The average Bonchev–Trinajstić information content (AvgIpc) is 3.65. The Morgan fingerprint density at radius 1 is 1.20 bits per heavy atom. The number of aliphatic imine (C=N–C) groups is 1. The van der Waals surface area contributed by atoms with Gasteiger partial charge in [0.1, 0.15) is 17.3 Å². The summed E-state index contributed by atoms with van der Waals surface area (Å²) in [5.41, 5.74) is 5.83. The summed E-state index contributed by atoms with van der Waals surface area (Å²) in [6.07, 6.45) is 3.13. The fourth-order valence-corrected chi connectivity index (χ4v) is 7.02. The number of halogens is 1. The molecule has 0 spiro atoms. The number of likely N-dealkylation sites (tertiary alicyclic amines) is 1. The number of fused-ring (bicyclic) bond motifs is 1. The summed E-state index contributed by atoms with van der Waals surface area (Å²) in [5, 5.41) is 20.3. The average molecular weight is 617 g/mol. The minimum atomic E-state index is -0.401. The molecule has 2 fully saturated rings. The van der Waals surface area contributed by atoms with Gasteiger partial charge in [0.25, 0.3) is 0 Å². The first-order chi connectivity index (χ1) is 21.2. The number of nitriles is 1. The number of aliphatic hydroxyl groups excluding tert-OH is 1. The molecule has 12 heteroatoms. The number of amidine groups is 1. The van der Waals surface area contributed by atoms with Crippen molar-refractivity contribution in [2.75, 3.05) is 68.4 Å². The normalized spacial score (nSPS) is 19.5. The molecule has 2 aromatic heterocycles. The van der Waals surface area contributed by atoms with E-state index in [-0.39, 0.29) is 11.7 Å². The van der Waals surface area contributed by atoms with E-state index in [0.29, 0.717) is 48.6 Å². The fourth-order valence-electron chi connectivity index (χ4n) is 6.11. The molecule has 44 heavy (non-hydrogen) atoms. The van der Waals surface area contributed by atoms with Gasteiger partial charge in [-0.3, -0.25) is 14.1 Å². The third kappa shape index (κ3) is 5.92. The van der Waals surface area contributed by atoms with Crippen molar-refractivity contribution in [1.82, 2.24) is 19.2 Å². The van der Waals surface area contributed by atoms with Crippen molar-refractivity contribution in [3.05, 3.63) is 64.7 Å². The molecule has 1 aromatic carbocycles. The Morgan fingerprint density at radius 3 is 2.61 bits per heavy atom. The van der Waals surface area contributed by atoms with Crippen molar-refractivity contribution in [2.45, 2.75) is 32.8 Å². The Morgan fingerprint density at radius 2 is 1.95 bits per heavy atom. The summed E-state index contributed by atoms with van der Waals surface area (Å²) in [5.74, 6) is 1.16. The number of aryl methyl sites for hydroxylation is 2. The van der Waals surface area contributed by atoms with Crippen LogP contribution in [0.4, 0.5) is 15.9 Å². The number of thioether (sulfide) groups is 1. The van der Waals surface area contributed by atoms with Gasteiger partial charge in [0.2, 0.25) is 5.91 Å². The minimum Gasteiger partial charge on any atom is -0.391 e. The van der Waals surface area contributed by atoms with Crippen LogP contribution in [0.5, 0.6) is 0 Å². The van der Waals surface area contributed by atoms with Crippen molar-refractivity contribution < 1.29 is 14.3 Å². The number of benzene rings is 1. The summed E-state index contributed by atoms with van der Waals surface area (Å²) < 4.78 is 15.8. The molecule has 1 atom stereocenters. The molecule has 0 saturated carbocycles. The summed E-state index contributed by atoms with van der Waals surface area (Å²) in [6, 6.07) is 10.5. The van der Waals surface area contributed by atoms with Gasteiger partial charge >= 0.3 is 0 Å². The maximum absolute atomic E-state index is 13.6. The molecular weight excluding hydrogens is 579 g/mol. The number of nitrogens with zero attached hydrogens (tertiary/aromatic N) is 8. The summed E-state index contributed by atoms with van der Waals surface area (Å²) in [6.45, 7) is 8.79. The number of hydrogen-bond donors (Lipinski definition) is 1. The van der Waals surface area contributed by atoms with Crippen molar-refractivity contribution in [1.29, 1.82) is 5.26 Å². The smallest absolute Gasteiger partial charge is 0.236 e. The van der Waals surface area contributed by atoms with Crippen LogP contribution in [0.1, 0.15) is 30.2 Å². The number of aromatic nitrogens is 2. The lowest BCUT2D eigenvalue weighted by Gasteiger charge is -2.36. The molecule has 0 unspecified atom stereocenters. The fraction of sp³-hybridized carbons (Fsp3) is 0.438. The summed E-state index contributed by atoms with van der Waals surface area (Å²) in [7, 11) is 1.98. The van der Waals surface area contributed by atoms with Gasteiger partial charge in [0.15, 0.2) is 5.17 Å². The molecule has 0 bridgehead atoms. The SMILES string of the molecule is CCc1nc2c(C)cc(N3CCN(CC(=O)N4CC[C@@H](O)C4)CC3)cn2c1N(C)C1=NC(c2ccc(F)cc2)=C(C#N)CS1. The highest BCUT2D eigenvalue weighted by molar-refractivity contribution is 8.14. The second kappa shape index (κ2) is 12.6. The lowest BCUT2D eigenvalue weighted by molar-refractivity contribution is -0.131. The largest absolute Gasteiger partial charge is 0.391 e. The zero-order valence-corrected chi connectivity index (χ0v) is 26.1. The number of hydrogen-bond acceptors (Lipinski definition) is 9. The maximum Gasteiger partial charge on any atom is 0.236 e. The Balaban J connectivity index is 1.25. The Labute approximate surface area is 261 Å². The first-order valence-corrected chi connectivity index (χ1v) is 16.0. The summed E-state index contributed by atoms with van der Waals surface area (Å²) >= 11 is 1.50. The number of amides is 1. The third-order valence-corrected chi connectivity index (χ3v) is 9.63. The lowest BCUT2D eigenvalue weighted by atomic mass is 10.1. The highest BCUT2D eigenvalue weighted by Gasteiger charge is 2.28. The van der Waals surface area contributed by atoms with Gasteiger partial charge in [-0.15, -0.1) is 0 Å². The predicted octanol–water partition coefficient (Wildman–Crippen LogP) is 3.53. The molecular formula is C32H37FN8O2S. The van der Waals surface area contributed by atoms with Gasteiger partial charge < -0.3 is 19.8 Å². The molecule has 3 aliphatic rings. The summed E-state index contributed by atoms with van der Waals surface area (Å²) in [4.78, 5) is 31.0. The van der Waals surface area contributed by atoms with E-state index in [4.69, 9.17) is 9.98 Å². The number of rotatable bonds is 6. The van der Waals surface area contributed by atoms with Crippen molar-refractivity contribution in [2.24, 2.45) is 4.99 Å². The topological polar surface area (TPSA) is 104 Å². The first kappa shape index (κ1) is 30.1. The van der Waals surface area contributed by atoms with E-state index in [1.54, 1.807) is 17.0 Å². The maximum atomic E-state index is 13.6. The zero-order valence-electron chi connectivity index (χ0n) is 25.3. The highest BCUT2D eigenvalue weighted by Crippen LogP contribution is 2.34. The van der Waals surface area contributed by atoms with Gasteiger partial charge in [-0.2, -0.15) is 5.26 Å². The molecule has 0 radical (unpaired) electrons. The number of carbonyl (C=O) groups excluding carboxylic acids is 1. The second-order valence-corrected chi connectivity index (χ2v) is 12.5. The predicted molar refractivity (Wildman–Crippen MR) is 172 cm³/mol. The highest BCUT2D eigenvalue weighted by atomic mass is 32.2. The standard InChI is InChI=1S/C32H37FN8O2S/c1-4-27-31(37(3)32-36-29(23(16-34)20-44-32)22-5-7-24(33)8-6-22)41-17-25(15-21(2)30(41)35-27)39-13-11-38(12-14-39)19-28(43)40-10-9-26(42)18-40/h5-8,15,17,26,42H,4,9-14,18-20H2,1-3H3/t26-/m1/s1. The number of anilines is 2. The molecule has 2 saturated heterocycles. The number of β-amino-alcohol motifs (C(OH)–C–C–N with tert-alkyl or cyclic N) is 1. The van der Waals surface area contributed by atoms with E-state index in [0.717, 1.165) is 66.2 Å². The number of pyridine rings is 1. The Hall–Kier alpha value is -3.92. The number of aliphatic hydroxyl groups is 1. The number of carbonyl (C=O) groups is 1. The zero-order chi connectivity index (χ0) is 31.0. The second-order valence-electron chi connectivity index (χ2n) is 11.5.